The lowest BCUT2D eigenvalue weighted by Crippen LogP contribution is -2.38. The second-order valence-electron chi connectivity index (χ2n) is 7.13. The Labute approximate surface area is 190 Å². The summed E-state index contributed by atoms with van der Waals surface area (Å²) in [4.78, 5) is 13.3. The minimum atomic E-state index is 0. The maximum Gasteiger partial charge on any atom is 0.276 e. The molecule has 2 aromatic heterocycles. The van der Waals surface area contributed by atoms with Crippen molar-refractivity contribution < 1.29 is 9.63 Å². The van der Waals surface area contributed by atoms with Crippen molar-refractivity contribution in [2.45, 2.75) is 40.0 Å². The van der Waals surface area contributed by atoms with Crippen LogP contribution >= 0.6 is 24.0 Å². The minimum Gasteiger partial charge on any atom is -0.396 e. The summed E-state index contributed by atoms with van der Waals surface area (Å²) in [6.07, 6.45) is 4.15. The average molecular weight is 516 g/mol. The largest absolute Gasteiger partial charge is 0.396 e. The fourth-order valence-electron chi connectivity index (χ4n) is 2.94. The van der Waals surface area contributed by atoms with Crippen LogP contribution in [-0.4, -0.2) is 52.4 Å². The number of aromatic nitrogens is 3. The van der Waals surface area contributed by atoms with Crippen LogP contribution < -0.4 is 10.6 Å². The molecule has 0 aliphatic rings. The normalized spacial score (nSPS) is 12.5. The summed E-state index contributed by atoms with van der Waals surface area (Å²) in [6.45, 7) is 8.75. The summed E-state index contributed by atoms with van der Waals surface area (Å²) in [5.74, 6) is 2.80. The number of guanidine groups is 1. The SMILES string of the molecule is CCNC(=NCC(CCO)CC(C)C)NCCc1noc(-c2ccccn2)n1.I. The standard InChI is InChI=1S/C20H32N6O2.HI/c1-4-21-20(24-14-16(9-12-27)13-15(2)3)23-11-8-18-25-19(28-26-18)17-7-5-6-10-22-17;/h5-7,10,15-16,27H,4,8-9,11-14H2,1-3H3,(H2,21,23,24);1H. The van der Waals surface area contributed by atoms with Crippen molar-refractivity contribution in [3.8, 4) is 11.6 Å². The zero-order chi connectivity index (χ0) is 20.2. The first-order chi connectivity index (χ1) is 13.6. The smallest absolute Gasteiger partial charge is 0.276 e. The van der Waals surface area contributed by atoms with E-state index in [0.717, 1.165) is 25.3 Å². The maximum absolute atomic E-state index is 9.26. The molecule has 9 heteroatoms. The van der Waals surface area contributed by atoms with Crippen LogP contribution in [0.3, 0.4) is 0 Å². The number of hydrogen-bond donors (Lipinski definition) is 3. The van der Waals surface area contributed by atoms with Gasteiger partial charge in [0, 0.05) is 38.9 Å². The number of aliphatic hydroxyl groups excluding tert-OH is 1. The molecule has 2 rings (SSSR count). The van der Waals surface area contributed by atoms with Gasteiger partial charge in [0.05, 0.1) is 0 Å². The number of aliphatic imine (C=N–C) groups is 1. The van der Waals surface area contributed by atoms with E-state index in [4.69, 9.17) is 4.52 Å². The van der Waals surface area contributed by atoms with Gasteiger partial charge in [0.1, 0.15) is 5.69 Å². The molecule has 0 aromatic carbocycles. The lowest BCUT2D eigenvalue weighted by atomic mass is 9.94. The number of hydrogen-bond acceptors (Lipinski definition) is 6. The molecule has 0 bridgehead atoms. The lowest BCUT2D eigenvalue weighted by molar-refractivity contribution is 0.245. The molecule has 0 fully saturated rings. The lowest BCUT2D eigenvalue weighted by Gasteiger charge is -2.17. The molecule has 0 radical (unpaired) electrons. The molecule has 0 saturated carbocycles. The highest BCUT2D eigenvalue weighted by atomic mass is 127. The van der Waals surface area contributed by atoms with Crippen LogP contribution in [0.1, 0.15) is 39.4 Å². The molecule has 0 aliphatic carbocycles. The van der Waals surface area contributed by atoms with Gasteiger partial charge in [0.25, 0.3) is 5.89 Å². The molecule has 1 atom stereocenters. The third-order valence-electron chi connectivity index (χ3n) is 4.19. The summed E-state index contributed by atoms with van der Waals surface area (Å²) in [5.41, 5.74) is 0.671. The molecule has 3 N–H and O–H groups in total. The van der Waals surface area contributed by atoms with Crippen molar-refractivity contribution in [1.82, 2.24) is 25.8 Å². The highest BCUT2D eigenvalue weighted by Crippen LogP contribution is 2.15. The van der Waals surface area contributed by atoms with Crippen LogP contribution in [0.5, 0.6) is 0 Å². The molecule has 0 saturated heterocycles. The molecule has 0 aliphatic heterocycles. The van der Waals surface area contributed by atoms with E-state index in [1.165, 1.54) is 0 Å². The quantitative estimate of drug-likeness (QED) is 0.240. The van der Waals surface area contributed by atoms with Crippen LogP contribution in [0.25, 0.3) is 11.6 Å². The van der Waals surface area contributed by atoms with E-state index in [9.17, 15) is 5.11 Å². The Morgan fingerprint density at radius 1 is 1.28 bits per heavy atom. The van der Waals surface area contributed by atoms with Gasteiger partial charge in [0.2, 0.25) is 0 Å². The summed E-state index contributed by atoms with van der Waals surface area (Å²) < 4.78 is 5.28. The average Bonchev–Trinajstić information content (AvgIpc) is 3.15. The van der Waals surface area contributed by atoms with Gasteiger partial charge in [-0.15, -0.1) is 24.0 Å². The van der Waals surface area contributed by atoms with E-state index in [1.807, 2.05) is 25.1 Å². The van der Waals surface area contributed by atoms with Crippen LogP contribution in [0.15, 0.2) is 33.9 Å². The predicted molar refractivity (Wildman–Crippen MR) is 125 cm³/mol. The predicted octanol–water partition coefficient (Wildman–Crippen LogP) is 2.89. The van der Waals surface area contributed by atoms with Gasteiger partial charge in [0.15, 0.2) is 11.8 Å². The first kappa shape index (κ1) is 25.3. The molecule has 1 unspecified atom stereocenters. The van der Waals surface area contributed by atoms with Gasteiger partial charge in [-0.3, -0.25) is 9.98 Å². The second kappa shape index (κ2) is 14.3. The van der Waals surface area contributed by atoms with Crippen LogP contribution in [-0.2, 0) is 6.42 Å². The van der Waals surface area contributed by atoms with E-state index in [1.54, 1.807) is 6.20 Å². The van der Waals surface area contributed by atoms with Crippen LogP contribution in [0.2, 0.25) is 0 Å². The molecular formula is C20H33IN6O2. The van der Waals surface area contributed by atoms with E-state index >= 15 is 0 Å². The molecule has 162 valence electrons. The summed E-state index contributed by atoms with van der Waals surface area (Å²) in [6, 6.07) is 5.57. The van der Waals surface area contributed by atoms with E-state index in [-0.39, 0.29) is 30.6 Å². The van der Waals surface area contributed by atoms with Gasteiger partial charge in [-0.25, -0.2) is 0 Å². The summed E-state index contributed by atoms with van der Waals surface area (Å²) in [7, 11) is 0. The van der Waals surface area contributed by atoms with Gasteiger partial charge in [-0.05, 0) is 43.7 Å². The maximum atomic E-state index is 9.26. The third kappa shape index (κ3) is 9.53. The number of nitrogens with zero attached hydrogens (tertiary/aromatic N) is 4. The second-order valence-corrected chi connectivity index (χ2v) is 7.13. The number of rotatable bonds is 11. The molecule has 2 heterocycles. The molecular weight excluding hydrogens is 483 g/mol. The first-order valence-electron chi connectivity index (χ1n) is 9.99. The fraction of sp³-hybridized carbons (Fsp3) is 0.600. The number of aliphatic hydroxyl groups is 1. The van der Waals surface area contributed by atoms with Crippen molar-refractivity contribution in [2.75, 3.05) is 26.2 Å². The van der Waals surface area contributed by atoms with E-state index in [0.29, 0.717) is 48.8 Å². The van der Waals surface area contributed by atoms with Crippen molar-refractivity contribution in [3.63, 3.8) is 0 Å². The van der Waals surface area contributed by atoms with Crippen LogP contribution in [0, 0.1) is 11.8 Å². The van der Waals surface area contributed by atoms with Crippen molar-refractivity contribution in [1.29, 1.82) is 0 Å². The molecule has 0 amide bonds. The highest BCUT2D eigenvalue weighted by Gasteiger charge is 2.12. The van der Waals surface area contributed by atoms with Gasteiger partial charge in [-0.1, -0.05) is 25.1 Å². The van der Waals surface area contributed by atoms with Crippen molar-refractivity contribution in [3.05, 3.63) is 30.2 Å². The van der Waals surface area contributed by atoms with Crippen molar-refractivity contribution in [2.24, 2.45) is 16.8 Å². The monoisotopic (exact) mass is 516 g/mol. The zero-order valence-electron chi connectivity index (χ0n) is 17.5. The molecule has 2 aromatic rings. The Hall–Kier alpha value is -1.75. The fourth-order valence-corrected chi connectivity index (χ4v) is 2.94. The van der Waals surface area contributed by atoms with Crippen molar-refractivity contribution >= 4 is 29.9 Å². The van der Waals surface area contributed by atoms with E-state index in [2.05, 4.69) is 44.6 Å². The molecule has 8 nitrogen and oxygen atoms in total. The first-order valence-corrected chi connectivity index (χ1v) is 9.99. The topological polar surface area (TPSA) is 108 Å². The van der Waals surface area contributed by atoms with Gasteiger partial charge >= 0.3 is 0 Å². The van der Waals surface area contributed by atoms with Gasteiger partial charge in [-0.2, -0.15) is 4.98 Å². The number of halogens is 1. The Kier molecular flexibility index (Phi) is 12.4. The zero-order valence-corrected chi connectivity index (χ0v) is 19.8. The van der Waals surface area contributed by atoms with Crippen LogP contribution in [0.4, 0.5) is 0 Å². The van der Waals surface area contributed by atoms with Gasteiger partial charge < -0.3 is 20.3 Å². The number of nitrogens with one attached hydrogen (secondary N) is 2. The highest BCUT2D eigenvalue weighted by molar-refractivity contribution is 14.0. The summed E-state index contributed by atoms with van der Waals surface area (Å²) >= 11 is 0. The third-order valence-corrected chi connectivity index (χ3v) is 4.19. The summed E-state index contributed by atoms with van der Waals surface area (Å²) in [5, 5.41) is 19.8. The number of pyridine rings is 1. The van der Waals surface area contributed by atoms with E-state index < -0.39 is 0 Å². The Balaban J connectivity index is 0.00000420. The molecule has 0 spiro atoms. The molecule has 29 heavy (non-hydrogen) atoms. The minimum absolute atomic E-state index is 0. The Morgan fingerprint density at radius 3 is 2.76 bits per heavy atom. The Bertz CT molecular complexity index is 708. The Morgan fingerprint density at radius 2 is 2.10 bits per heavy atom.